The highest BCUT2D eigenvalue weighted by Gasteiger charge is 2.26. The van der Waals surface area contributed by atoms with Gasteiger partial charge >= 0.3 is 0 Å². The summed E-state index contributed by atoms with van der Waals surface area (Å²) in [6.07, 6.45) is 3.99. The van der Waals surface area contributed by atoms with Crippen LogP contribution in [0.3, 0.4) is 0 Å². The van der Waals surface area contributed by atoms with Crippen LogP contribution in [-0.4, -0.2) is 46.8 Å². The molecule has 2 rings (SSSR count). The molecule has 1 aliphatic rings. The molecule has 0 bridgehead atoms. The lowest BCUT2D eigenvalue weighted by Crippen LogP contribution is -2.52. The summed E-state index contributed by atoms with van der Waals surface area (Å²) in [7, 11) is -0.670. The van der Waals surface area contributed by atoms with Crippen LogP contribution >= 0.6 is 0 Å². The maximum Gasteiger partial charge on any atom is 0.0449 e. The topological polar surface area (TPSA) is 32.3 Å². The molecule has 1 aromatic rings. The predicted octanol–water partition coefficient (Wildman–Crippen LogP) is 2.18. The number of benzene rings is 1. The van der Waals surface area contributed by atoms with Crippen LogP contribution in [0.15, 0.2) is 30.3 Å². The maximum atomic E-state index is 11.2. The molecule has 0 amide bonds. The van der Waals surface area contributed by atoms with Crippen LogP contribution < -0.4 is 5.32 Å². The van der Waals surface area contributed by atoms with Gasteiger partial charge in [0.05, 0.1) is 0 Å². The van der Waals surface area contributed by atoms with E-state index < -0.39 is 10.8 Å². The SMILES string of the molecule is CCC1CNC(c2ccccc2)CN1CCCS(C)=O. The Labute approximate surface area is 125 Å². The lowest BCUT2D eigenvalue weighted by Gasteiger charge is -2.40. The smallest absolute Gasteiger partial charge is 0.0449 e. The van der Waals surface area contributed by atoms with Gasteiger partial charge in [-0.2, -0.15) is 0 Å². The highest BCUT2D eigenvalue weighted by molar-refractivity contribution is 7.84. The van der Waals surface area contributed by atoms with E-state index in [1.54, 1.807) is 6.26 Å². The standard InChI is InChI=1S/C16H26N2OS/c1-3-15-12-17-16(14-8-5-4-6-9-14)13-18(15)10-7-11-20(2)19/h4-6,8-9,15-17H,3,7,10-13H2,1-2H3. The summed E-state index contributed by atoms with van der Waals surface area (Å²) >= 11 is 0. The summed E-state index contributed by atoms with van der Waals surface area (Å²) in [5.41, 5.74) is 1.37. The van der Waals surface area contributed by atoms with Gasteiger partial charge in [0.2, 0.25) is 0 Å². The molecule has 112 valence electrons. The van der Waals surface area contributed by atoms with Gasteiger partial charge in [-0.15, -0.1) is 0 Å². The van der Waals surface area contributed by atoms with Crippen molar-refractivity contribution >= 4 is 10.8 Å². The van der Waals surface area contributed by atoms with Gasteiger partial charge in [-0.1, -0.05) is 37.3 Å². The van der Waals surface area contributed by atoms with Crippen LogP contribution in [-0.2, 0) is 10.8 Å². The van der Waals surface area contributed by atoms with Gasteiger partial charge in [-0.25, -0.2) is 0 Å². The Kier molecular flexibility index (Phi) is 6.20. The Morgan fingerprint density at radius 3 is 2.75 bits per heavy atom. The number of nitrogens with zero attached hydrogens (tertiary/aromatic N) is 1. The molecular weight excluding hydrogens is 268 g/mol. The van der Waals surface area contributed by atoms with Gasteiger partial charge in [0.25, 0.3) is 0 Å². The summed E-state index contributed by atoms with van der Waals surface area (Å²) in [5, 5.41) is 3.66. The van der Waals surface area contributed by atoms with Crippen LogP contribution in [0, 0.1) is 0 Å². The highest BCUT2D eigenvalue weighted by atomic mass is 32.2. The fourth-order valence-corrected chi connectivity index (χ4v) is 3.45. The number of hydrogen-bond donors (Lipinski definition) is 1. The van der Waals surface area contributed by atoms with E-state index in [0.29, 0.717) is 12.1 Å². The van der Waals surface area contributed by atoms with E-state index in [9.17, 15) is 4.21 Å². The molecule has 1 aliphatic heterocycles. The van der Waals surface area contributed by atoms with E-state index in [1.165, 1.54) is 12.0 Å². The average molecular weight is 294 g/mol. The highest BCUT2D eigenvalue weighted by Crippen LogP contribution is 2.21. The monoisotopic (exact) mass is 294 g/mol. The second-order valence-corrected chi connectivity index (χ2v) is 7.11. The molecule has 0 aliphatic carbocycles. The number of rotatable bonds is 6. The molecule has 4 heteroatoms. The average Bonchev–Trinajstić information content (AvgIpc) is 2.47. The minimum Gasteiger partial charge on any atom is -0.307 e. The molecular formula is C16H26N2OS. The quantitative estimate of drug-likeness (QED) is 0.873. The molecule has 1 aromatic carbocycles. The van der Waals surface area contributed by atoms with Gasteiger partial charge in [0.15, 0.2) is 0 Å². The number of piperazine rings is 1. The third-order valence-electron chi connectivity index (χ3n) is 4.08. The largest absolute Gasteiger partial charge is 0.307 e. The fraction of sp³-hybridized carbons (Fsp3) is 0.625. The zero-order valence-corrected chi connectivity index (χ0v) is 13.4. The van der Waals surface area contributed by atoms with Crippen LogP contribution in [0.5, 0.6) is 0 Å². The van der Waals surface area contributed by atoms with Crippen LogP contribution in [0.1, 0.15) is 31.4 Å². The van der Waals surface area contributed by atoms with Crippen molar-refractivity contribution in [3.8, 4) is 0 Å². The molecule has 1 N–H and O–H groups in total. The summed E-state index contributed by atoms with van der Waals surface area (Å²) in [6, 6.07) is 11.7. The Hall–Kier alpha value is -0.710. The first-order valence-electron chi connectivity index (χ1n) is 7.53. The van der Waals surface area contributed by atoms with Gasteiger partial charge in [-0.05, 0) is 24.9 Å². The predicted molar refractivity (Wildman–Crippen MR) is 86.4 cm³/mol. The van der Waals surface area contributed by atoms with E-state index in [1.807, 2.05) is 0 Å². The lowest BCUT2D eigenvalue weighted by atomic mass is 10.0. The maximum absolute atomic E-state index is 11.2. The molecule has 1 fully saturated rings. The Balaban J connectivity index is 1.94. The number of nitrogens with one attached hydrogen (secondary N) is 1. The van der Waals surface area contributed by atoms with E-state index in [4.69, 9.17) is 0 Å². The second-order valence-electron chi connectivity index (χ2n) is 5.56. The van der Waals surface area contributed by atoms with Crippen LogP contribution in [0.2, 0.25) is 0 Å². The summed E-state index contributed by atoms with van der Waals surface area (Å²) in [5.74, 6) is 0.816. The van der Waals surface area contributed by atoms with Crippen molar-refractivity contribution in [1.82, 2.24) is 10.2 Å². The minimum atomic E-state index is -0.670. The zero-order valence-electron chi connectivity index (χ0n) is 12.5. The van der Waals surface area contributed by atoms with Crippen LogP contribution in [0.4, 0.5) is 0 Å². The first kappa shape index (κ1) is 15.7. The molecule has 0 saturated carbocycles. The van der Waals surface area contributed by atoms with Crippen molar-refractivity contribution in [2.24, 2.45) is 0 Å². The summed E-state index contributed by atoms with van der Waals surface area (Å²) in [6.45, 7) is 5.41. The van der Waals surface area contributed by atoms with E-state index >= 15 is 0 Å². The van der Waals surface area contributed by atoms with E-state index in [2.05, 4.69) is 47.5 Å². The normalized spacial score (nSPS) is 25.5. The minimum absolute atomic E-state index is 0.422. The van der Waals surface area contributed by atoms with Crippen LogP contribution in [0.25, 0.3) is 0 Å². The van der Waals surface area contributed by atoms with E-state index in [-0.39, 0.29) is 0 Å². The molecule has 20 heavy (non-hydrogen) atoms. The van der Waals surface area contributed by atoms with Crippen molar-refractivity contribution in [2.45, 2.75) is 31.8 Å². The zero-order chi connectivity index (χ0) is 14.4. The molecule has 1 saturated heterocycles. The van der Waals surface area contributed by atoms with Crippen molar-refractivity contribution in [3.05, 3.63) is 35.9 Å². The Morgan fingerprint density at radius 2 is 2.10 bits per heavy atom. The molecule has 0 spiro atoms. The van der Waals surface area contributed by atoms with Gasteiger partial charge in [-0.3, -0.25) is 9.11 Å². The van der Waals surface area contributed by atoms with Crippen molar-refractivity contribution < 1.29 is 4.21 Å². The fourth-order valence-electron chi connectivity index (χ4n) is 2.91. The van der Waals surface area contributed by atoms with Gasteiger partial charge in [0, 0.05) is 48.0 Å². The first-order chi connectivity index (χ1) is 9.70. The molecule has 3 atom stereocenters. The molecule has 3 nitrogen and oxygen atoms in total. The third-order valence-corrected chi connectivity index (χ3v) is 4.95. The lowest BCUT2D eigenvalue weighted by molar-refractivity contribution is 0.127. The molecule has 3 unspecified atom stereocenters. The molecule has 0 radical (unpaired) electrons. The van der Waals surface area contributed by atoms with E-state index in [0.717, 1.165) is 31.8 Å². The molecule has 0 aromatic heterocycles. The van der Waals surface area contributed by atoms with Gasteiger partial charge in [0.1, 0.15) is 0 Å². The van der Waals surface area contributed by atoms with Gasteiger partial charge < -0.3 is 5.32 Å². The second kappa shape index (κ2) is 7.91. The Morgan fingerprint density at radius 1 is 1.35 bits per heavy atom. The first-order valence-corrected chi connectivity index (χ1v) is 9.25. The number of hydrogen-bond acceptors (Lipinski definition) is 3. The summed E-state index contributed by atoms with van der Waals surface area (Å²) < 4.78 is 11.2. The summed E-state index contributed by atoms with van der Waals surface area (Å²) in [4.78, 5) is 2.57. The molecule has 1 heterocycles. The Bertz CT molecular complexity index is 424. The van der Waals surface area contributed by atoms with Crippen molar-refractivity contribution in [1.29, 1.82) is 0 Å². The van der Waals surface area contributed by atoms with Crippen molar-refractivity contribution in [2.75, 3.05) is 31.6 Å². The van der Waals surface area contributed by atoms with Crippen molar-refractivity contribution in [3.63, 3.8) is 0 Å². The third kappa shape index (κ3) is 4.40.